The molecule has 0 unspecified atom stereocenters. The molecule has 0 aliphatic carbocycles. The first-order chi connectivity index (χ1) is 9.68. The lowest BCUT2D eigenvalue weighted by molar-refractivity contribution is 0.413. The highest BCUT2D eigenvalue weighted by Crippen LogP contribution is 2.24. The Morgan fingerprint density at radius 3 is 2.05 bits per heavy atom. The van der Waals surface area contributed by atoms with Crippen LogP contribution in [0.25, 0.3) is 0 Å². The maximum atomic E-state index is 5.21. The summed E-state index contributed by atoms with van der Waals surface area (Å²) in [5.41, 5.74) is 1.26. The lowest BCUT2D eigenvalue weighted by Gasteiger charge is -2.29. The molecule has 1 rings (SSSR count). The molecule has 0 atom stereocenters. The summed E-state index contributed by atoms with van der Waals surface area (Å²) in [6, 6.07) is 8.22. The summed E-state index contributed by atoms with van der Waals surface area (Å²) in [6.45, 7) is 11.6. The number of nitrogens with one attached hydrogen (secondary N) is 2. The first-order valence-electron chi connectivity index (χ1n) is 7.31. The average Bonchev–Trinajstić information content (AvgIpc) is 2.42. The Bertz CT molecular complexity index is 476. The molecule has 5 heteroatoms. The Morgan fingerprint density at radius 2 is 1.64 bits per heavy atom. The molecule has 0 aromatic heterocycles. The third-order valence-corrected chi connectivity index (χ3v) is 3.29. The molecule has 0 spiro atoms. The van der Waals surface area contributed by atoms with Crippen LogP contribution in [0.3, 0.4) is 0 Å². The van der Waals surface area contributed by atoms with Crippen LogP contribution >= 0.6 is 24.0 Å². The molecule has 126 valence electrons. The van der Waals surface area contributed by atoms with Crippen LogP contribution in [0.1, 0.15) is 40.2 Å². The highest BCUT2D eigenvalue weighted by atomic mass is 127. The van der Waals surface area contributed by atoms with Crippen molar-refractivity contribution in [3.05, 3.63) is 29.8 Å². The van der Waals surface area contributed by atoms with Gasteiger partial charge >= 0.3 is 0 Å². The number of guanidine groups is 1. The van der Waals surface area contributed by atoms with E-state index in [1.807, 2.05) is 12.1 Å². The number of hydrogen-bond acceptors (Lipinski definition) is 2. The van der Waals surface area contributed by atoms with Crippen molar-refractivity contribution in [2.24, 2.45) is 4.99 Å². The summed E-state index contributed by atoms with van der Waals surface area (Å²) in [5.74, 6) is 1.71. The summed E-state index contributed by atoms with van der Waals surface area (Å²) < 4.78 is 5.21. The Morgan fingerprint density at radius 1 is 1.09 bits per heavy atom. The van der Waals surface area contributed by atoms with Gasteiger partial charge < -0.3 is 15.4 Å². The van der Waals surface area contributed by atoms with Gasteiger partial charge in [0, 0.05) is 24.5 Å². The van der Waals surface area contributed by atoms with E-state index in [9.17, 15) is 0 Å². The third kappa shape index (κ3) is 6.85. The molecule has 4 nitrogen and oxygen atoms in total. The molecule has 0 saturated carbocycles. The van der Waals surface area contributed by atoms with Gasteiger partial charge in [0.2, 0.25) is 0 Å². The Balaban J connectivity index is 0.00000441. The zero-order valence-corrected chi connectivity index (χ0v) is 17.1. The maximum Gasteiger partial charge on any atom is 0.191 e. The Kier molecular flexibility index (Phi) is 8.22. The molecule has 2 N–H and O–H groups in total. The van der Waals surface area contributed by atoms with Crippen molar-refractivity contribution in [3.63, 3.8) is 0 Å². The van der Waals surface area contributed by atoms with E-state index in [1.165, 1.54) is 5.56 Å². The highest BCUT2D eigenvalue weighted by molar-refractivity contribution is 14.0. The number of hydrogen-bond donors (Lipinski definition) is 2. The molecule has 0 radical (unpaired) electrons. The Labute approximate surface area is 152 Å². The second kappa shape index (κ2) is 8.60. The molecule has 1 aromatic rings. The first kappa shape index (κ1) is 21.0. The van der Waals surface area contributed by atoms with Crippen molar-refractivity contribution < 1.29 is 4.74 Å². The molecule has 22 heavy (non-hydrogen) atoms. The number of benzene rings is 1. The van der Waals surface area contributed by atoms with E-state index in [2.05, 4.69) is 62.4 Å². The van der Waals surface area contributed by atoms with Crippen molar-refractivity contribution in [2.45, 2.75) is 45.6 Å². The number of aliphatic imine (C=N–C) groups is 1. The summed E-state index contributed by atoms with van der Waals surface area (Å²) in [7, 11) is 3.48. The number of ether oxygens (including phenoxy) is 1. The average molecular weight is 419 g/mol. The van der Waals surface area contributed by atoms with E-state index in [0.29, 0.717) is 0 Å². The van der Waals surface area contributed by atoms with Crippen LogP contribution in [-0.2, 0) is 5.41 Å². The predicted molar refractivity (Wildman–Crippen MR) is 106 cm³/mol. The maximum absolute atomic E-state index is 5.21. The fraction of sp³-hybridized carbons (Fsp3) is 0.588. The van der Waals surface area contributed by atoms with Crippen molar-refractivity contribution >= 4 is 29.9 Å². The van der Waals surface area contributed by atoms with Gasteiger partial charge in [0.1, 0.15) is 5.75 Å². The van der Waals surface area contributed by atoms with Crippen molar-refractivity contribution in [1.29, 1.82) is 0 Å². The van der Waals surface area contributed by atoms with E-state index in [-0.39, 0.29) is 34.9 Å². The minimum absolute atomic E-state index is 0. The predicted octanol–water partition coefficient (Wildman–Crippen LogP) is 3.55. The lowest BCUT2D eigenvalue weighted by atomic mass is 9.84. The minimum atomic E-state index is -0.00784. The molecular weight excluding hydrogens is 389 g/mol. The van der Waals surface area contributed by atoms with Gasteiger partial charge in [-0.05, 0) is 38.5 Å². The number of nitrogens with zero attached hydrogens (tertiary/aromatic N) is 1. The van der Waals surface area contributed by atoms with Crippen LogP contribution in [0.5, 0.6) is 5.75 Å². The minimum Gasteiger partial charge on any atom is -0.497 e. The van der Waals surface area contributed by atoms with E-state index in [0.717, 1.165) is 18.3 Å². The van der Waals surface area contributed by atoms with Crippen molar-refractivity contribution in [1.82, 2.24) is 10.6 Å². The topological polar surface area (TPSA) is 45.7 Å². The molecule has 0 aliphatic rings. The zero-order valence-electron chi connectivity index (χ0n) is 14.8. The van der Waals surface area contributed by atoms with Gasteiger partial charge in [-0.25, -0.2) is 0 Å². The third-order valence-electron chi connectivity index (χ3n) is 3.29. The lowest BCUT2D eigenvalue weighted by Crippen LogP contribution is -2.50. The van der Waals surface area contributed by atoms with Crippen LogP contribution in [-0.4, -0.2) is 32.2 Å². The van der Waals surface area contributed by atoms with E-state index >= 15 is 0 Å². The number of methoxy groups -OCH3 is 1. The van der Waals surface area contributed by atoms with Crippen LogP contribution in [0.15, 0.2) is 29.3 Å². The summed E-state index contributed by atoms with van der Waals surface area (Å²) in [5, 5.41) is 6.77. The molecule has 0 fully saturated rings. The first-order valence-corrected chi connectivity index (χ1v) is 7.31. The standard InChI is InChI=1S/C17H29N3O.HI/c1-16(2,3)20-15(18-6)19-12-17(4,5)13-8-10-14(21-7)11-9-13;/h8-11H,12H2,1-7H3,(H2,18,19,20);1H. The molecule has 1 aromatic carbocycles. The SMILES string of the molecule is CN=C(NCC(C)(C)c1ccc(OC)cc1)NC(C)(C)C.I. The summed E-state index contributed by atoms with van der Waals surface area (Å²) >= 11 is 0. The van der Waals surface area contributed by atoms with Crippen molar-refractivity contribution in [2.75, 3.05) is 20.7 Å². The van der Waals surface area contributed by atoms with Gasteiger partial charge in [-0.3, -0.25) is 4.99 Å². The summed E-state index contributed by atoms with van der Waals surface area (Å²) in [4.78, 5) is 4.27. The van der Waals surface area contributed by atoms with Crippen LogP contribution in [0.4, 0.5) is 0 Å². The van der Waals surface area contributed by atoms with Gasteiger partial charge in [0.05, 0.1) is 7.11 Å². The van der Waals surface area contributed by atoms with Crippen LogP contribution in [0.2, 0.25) is 0 Å². The molecule has 0 saturated heterocycles. The van der Waals surface area contributed by atoms with Gasteiger partial charge in [0.25, 0.3) is 0 Å². The fourth-order valence-corrected chi connectivity index (χ4v) is 1.98. The van der Waals surface area contributed by atoms with Crippen molar-refractivity contribution in [3.8, 4) is 5.75 Å². The van der Waals surface area contributed by atoms with Gasteiger partial charge in [-0.2, -0.15) is 0 Å². The highest BCUT2D eigenvalue weighted by Gasteiger charge is 2.22. The zero-order chi connectivity index (χ0) is 16.1. The normalized spacial score (nSPS) is 12.4. The molecule has 0 amide bonds. The molecule has 0 heterocycles. The molecule has 0 bridgehead atoms. The van der Waals surface area contributed by atoms with E-state index < -0.39 is 0 Å². The second-order valence-electron chi connectivity index (χ2n) is 6.91. The fourth-order valence-electron chi connectivity index (χ4n) is 1.98. The van der Waals surface area contributed by atoms with Gasteiger partial charge in [0.15, 0.2) is 5.96 Å². The molecule has 0 aliphatic heterocycles. The van der Waals surface area contributed by atoms with E-state index in [1.54, 1.807) is 14.2 Å². The second-order valence-corrected chi connectivity index (χ2v) is 6.91. The summed E-state index contributed by atoms with van der Waals surface area (Å²) in [6.07, 6.45) is 0. The smallest absolute Gasteiger partial charge is 0.191 e. The van der Waals surface area contributed by atoms with E-state index in [4.69, 9.17) is 4.74 Å². The van der Waals surface area contributed by atoms with Gasteiger partial charge in [-0.1, -0.05) is 26.0 Å². The van der Waals surface area contributed by atoms with Gasteiger partial charge in [-0.15, -0.1) is 24.0 Å². The van der Waals surface area contributed by atoms with Crippen LogP contribution < -0.4 is 15.4 Å². The number of rotatable bonds is 4. The number of halogens is 1. The van der Waals surface area contributed by atoms with Crippen LogP contribution in [0, 0.1) is 0 Å². The monoisotopic (exact) mass is 419 g/mol. The largest absolute Gasteiger partial charge is 0.497 e. The Hall–Kier alpha value is -0.980. The quantitative estimate of drug-likeness (QED) is 0.446. The molecular formula is C17H30IN3O.